The Labute approximate surface area is 73.1 Å². The van der Waals surface area contributed by atoms with Gasteiger partial charge in [-0.05, 0) is 6.92 Å². The molecular formula is C7H7N3OS. The Morgan fingerprint density at radius 2 is 2.50 bits per heavy atom. The standard InChI is InChI=1S/C7H7N3OS/c1-4-9-6-5(7(11)10-4)12-3-2-8-6/h2H,3H2,1H3,(H,9,10,11). The first-order chi connectivity index (χ1) is 5.77. The minimum absolute atomic E-state index is 0.0839. The van der Waals surface area contributed by atoms with Gasteiger partial charge in [0.2, 0.25) is 0 Å². The molecular weight excluding hydrogens is 174 g/mol. The van der Waals surface area contributed by atoms with Crippen molar-refractivity contribution in [2.75, 3.05) is 5.75 Å². The Kier molecular flexibility index (Phi) is 1.73. The minimum atomic E-state index is -0.0839. The number of thioether (sulfide) groups is 1. The van der Waals surface area contributed by atoms with Gasteiger partial charge in [-0.3, -0.25) is 4.79 Å². The highest BCUT2D eigenvalue weighted by Crippen LogP contribution is 2.26. The van der Waals surface area contributed by atoms with Crippen molar-refractivity contribution in [2.45, 2.75) is 11.8 Å². The fourth-order valence-electron chi connectivity index (χ4n) is 1.02. The lowest BCUT2D eigenvalue weighted by molar-refractivity contribution is 0.962. The van der Waals surface area contributed by atoms with E-state index in [4.69, 9.17) is 0 Å². The molecule has 0 unspecified atom stereocenters. The van der Waals surface area contributed by atoms with Gasteiger partial charge in [0.25, 0.3) is 5.56 Å². The summed E-state index contributed by atoms with van der Waals surface area (Å²) in [5.41, 5.74) is -0.0839. The summed E-state index contributed by atoms with van der Waals surface area (Å²) in [6.07, 6.45) is 1.76. The van der Waals surface area contributed by atoms with E-state index in [1.165, 1.54) is 11.8 Å². The average Bonchev–Trinajstić information content (AvgIpc) is 2.04. The van der Waals surface area contributed by atoms with Crippen LogP contribution in [0.25, 0.3) is 0 Å². The Morgan fingerprint density at radius 1 is 1.67 bits per heavy atom. The number of nitrogens with one attached hydrogen (secondary N) is 1. The predicted octanol–water partition coefficient (Wildman–Crippen LogP) is 0.886. The Bertz CT molecular complexity index is 396. The number of nitrogens with zero attached hydrogens (tertiary/aromatic N) is 2. The van der Waals surface area contributed by atoms with E-state index in [1.807, 2.05) is 0 Å². The topological polar surface area (TPSA) is 58.1 Å². The summed E-state index contributed by atoms with van der Waals surface area (Å²) in [5.74, 6) is 1.91. The number of aryl methyl sites for hydroxylation is 1. The SMILES string of the molecule is Cc1nc2c(c(=O)[nH]1)SCC=N2. The van der Waals surface area contributed by atoms with E-state index in [1.54, 1.807) is 13.1 Å². The zero-order valence-corrected chi connectivity index (χ0v) is 7.31. The van der Waals surface area contributed by atoms with Crippen LogP contribution in [0.2, 0.25) is 0 Å². The van der Waals surface area contributed by atoms with Gasteiger partial charge in [-0.2, -0.15) is 0 Å². The number of aromatic amines is 1. The summed E-state index contributed by atoms with van der Waals surface area (Å²) in [4.78, 5) is 22.7. The molecule has 0 atom stereocenters. The smallest absolute Gasteiger partial charge is 0.266 e. The fraction of sp³-hybridized carbons (Fsp3) is 0.286. The second kappa shape index (κ2) is 2.75. The third-order valence-electron chi connectivity index (χ3n) is 1.49. The molecule has 2 rings (SSSR count). The summed E-state index contributed by atoms with van der Waals surface area (Å²) >= 11 is 1.47. The molecule has 62 valence electrons. The fourth-order valence-corrected chi connectivity index (χ4v) is 1.75. The van der Waals surface area contributed by atoms with Crippen molar-refractivity contribution in [3.8, 4) is 0 Å². The number of H-pyrrole nitrogens is 1. The molecule has 1 aromatic heterocycles. The molecule has 5 heteroatoms. The lowest BCUT2D eigenvalue weighted by Crippen LogP contribution is -2.13. The van der Waals surface area contributed by atoms with E-state index in [2.05, 4.69) is 15.0 Å². The number of aliphatic imine (C=N–C) groups is 1. The molecule has 0 fully saturated rings. The van der Waals surface area contributed by atoms with Gasteiger partial charge in [-0.15, -0.1) is 11.8 Å². The summed E-state index contributed by atoms with van der Waals surface area (Å²) in [5, 5.41) is 0. The first-order valence-corrected chi connectivity index (χ1v) is 4.52. The van der Waals surface area contributed by atoms with Crippen LogP contribution in [0.4, 0.5) is 5.82 Å². The van der Waals surface area contributed by atoms with Crippen molar-refractivity contribution in [1.29, 1.82) is 0 Å². The van der Waals surface area contributed by atoms with Gasteiger partial charge >= 0.3 is 0 Å². The van der Waals surface area contributed by atoms with Crippen LogP contribution in [0.15, 0.2) is 14.7 Å². The molecule has 0 bridgehead atoms. The Morgan fingerprint density at radius 3 is 3.33 bits per heavy atom. The molecule has 0 saturated carbocycles. The lowest BCUT2D eigenvalue weighted by Gasteiger charge is -2.06. The first kappa shape index (κ1) is 7.54. The largest absolute Gasteiger partial charge is 0.310 e. The van der Waals surface area contributed by atoms with Crippen LogP contribution in [-0.4, -0.2) is 21.9 Å². The van der Waals surface area contributed by atoms with Crippen LogP contribution in [0.5, 0.6) is 0 Å². The van der Waals surface area contributed by atoms with E-state index < -0.39 is 0 Å². The molecule has 1 N–H and O–H groups in total. The minimum Gasteiger partial charge on any atom is -0.310 e. The van der Waals surface area contributed by atoms with Crippen molar-refractivity contribution < 1.29 is 0 Å². The molecule has 0 aliphatic carbocycles. The molecule has 0 amide bonds. The normalized spacial score (nSPS) is 14.4. The molecule has 4 nitrogen and oxygen atoms in total. The molecule has 0 aromatic carbocycles. The van der Waals surface area contributed by atoms with Gasteiger partial charge in [0, 0.05) is 12.0 Å². The van der Waals surface area contributed by atoms with Crippen LogP contribution >= 0.6 is 11.8 Å². The predicted molar refractivity (Wildman–Crippen MR) is 48.5 cm³/mol. The van der Waals surface area contributed by atoms with Crippen LogP contribution in [0.3, 0.4) is 0 Å². The van der Waals surface area contributed by atoms with Gasteiger partial charge in [-0.25, -0.2) is 9.98 Å². The summed E-state index contributed by atoms with van der Waals surface area (Å²) in [6, 6.07) is 0. The van der Waals surface area contributed by atoms with E-state index in [-0.39, 0.29) is 5.56 Å². The molecule has 1 aliphatic heterocycles. The van der Waals surface area contributed by atoms with Crippen LogP contribution in [0, 0.1) is 6.92 Å². The van der Waals surface area contributed by atoms with Gasteiger partial charge in [0.05, 0.1) is 0 Å². The molecule has 1 aromatic rings. The van der Waals surface area contributed by atoms with Crippen molar-refractivity contribution in [2.24, 2.45) is 4.99 Å². The molecule has 1 aliphatic rings. The monoisotopic (exact) mass is 181 g/mol. The van der Waals surface area contributed by atoms with E-state index in [9.17, 15) is 4.79 Å². The maximum absolute atomic E-state index is 11.3. The lowest BCUT2D eigenvalue weighted by atomic mass is 10.5. The number of aromatic nitrogens is 2. The molecule has 2 heterocycles. The first-order valence-electron chi connectivity index (χ1n) is 3.53. The molecule has 0 spiro atoms. The van der Waals surface area contributed by atoms with Crippen LogP contribution < -0.4 is 5.56 Å². The summed E-state index contributed by atoms with van der Waals surface area (Å²) < 4.78 is 0. The Hall–Kier alpha value is -1.10. The number of hydrogen-bond donors (Lipinski definition) is 1. The van der Waals surface area contributed by atoms with E-state index in [0.29, 0.717) is 16.5 Å². The number of fused-ring (bicyclic) bond motifs is 1. The van der Waals surface area contributed by atoms with Crippen LogP contribution in [-0.2, 0) is 0 Å². The zero-order valence-electron chi connectivity index (χ0n) is 6.50. The highest BCUT2D eigenvalue weighted by atomic mass is 32.2. The van der Waals surface area contributed by atoms with E-state index >= 15 is 0 Å². The number of hydrogen-bond acceptors (Lipinski definition) is 4. The third kappa shape index (κ3) is 1.16. The van der Waals surface area contributed by atoms with Crippen molar-refractivity contribution in [3.05, 3.63) is 16.2 Å². The summed E-state index contributed by atoms with van der Waals surface area (Å²) in [7, 11) is 0. The molecule has 12 heavy (non-hydrogen) atoms. The van der Waals surface area contributed by atoms with Crippen molar-refractivity contribution in [1.82, 2.24) is 9.97 Å². The number of rotatable bonds is 0. The maximum atomic E-state index is 11.3. The third-order valence-corrected chi connectivity index (χ3v) is 2.47. The highest BCUT2D eigenvalue weighted by Gasteiger charge is 2.11. The van der Waals surface area contributed by atoms with Crippen molar-refractivity contribution in [3.63, 3.8) is 0 Å². The zero-order chi connectivity index (χ0) is 8.55. The molecule has 0 radical (unpaired) electrons. The highest BCUT2D eigenvalue weighted by molar-refractivity contribution is 8.00. The van der Waals surface area contributed by atoms with Gasteiger partial charge in [0.15, 0.2) is 5.82 Å². The second-order valence-corrected chi connectivity index (χ2v) is 3.46. The molecule has 0 saturated heterocycles. The quantitative estimate of drug-likeness (QED) is 0.646. The Balaban J connectivity index is 2.71. The van der Waals surface area contributed by atoms with Gasteiger partial charge < -0.3 is 4.98 Å². The van der Waals surface area contributed by atoms with Crippen molar-refractivity contribution >= 4 is 23.8 Å². The van der Waals surface area contributed by atoms with Crippen LogP contribution in [0.1, 0.15) is 5.82 Å². The van der Waals surface area contributed by atoms with Gasteiger partial charge in [-0.1, -0.05) is 0 Å². The second-order valence-electron chi connectivity index (χ2n) is 2.43. The summed E-state index contributed by atoms with van der Waals surface area (Å²) in [6.45, 7) is 1.75. The average molecular weight is 181 g/mol. The maximum Gasteiger partial charge on any atom is 0.266 e. The van der Waals surface area contributed by atoms with E-state index in [0.717, 1.165) is 5.75 Å². The van der Waals surface area contributed by atoms with Gasteiger partial charge in [0.1, 0.15) is 10.7 Å².